The average Bonchev–Trinajstić information content (AvgIpc) is 3.04. The largest absolute Gasteiger partial charge is 0.463 e. The third-order valence-corrected chi connectivity index (χ3v) is 3.66. The SMILES string of the molecule is CCOC(=O)c1ccc(-c2coc3cc(OC(C)=O)cc(C)c3c2=O)o1. The van der Waals surface area contributed by atoms with Crippen molar-refractivity contribution in [2.45, 2.75) is 20.8 Å². The van der Waals surface area contributed by atoms with Crippen LogP contribution in [0.1, 0.15) is 30.0 Å². The second kappa shape index (κ2) is 6.87. The number of esters is 2. The van der Waals surface area contributed by atoms with Gasteiger partial charge in [-0.25, -0.2) is 4.79 Å². The Bertz CT molecular complexity index is 1060. The van der Waals surface area contributed by atoms with Gasteiger partial charge in [0.25, 0.3) is 0 Å². The van der Waals surface area contributed by atoms with Crippen molar-refractivity contribution in [3.05, 3.63) is 52.1 Å². The lowest BCUT2D eigenvalue weighted by molar-refractivity contribution is -0.131. The van der Waals surface area contributed by atoms with Crippen molar-refractivity contribution in [3.63, 3.8) is 0 Å². The lowest BCUT2D eigenvalue weighted by Crippen LogP contribution is -2.07. The fourth-order valence-corrected chi connectivity index (χ4v) is 2.61. The monoisotopic (exact) mass is 356 g/mol. The van der Waals surface area contributed by atoms with Crippen LogP contribution in [0.15, 0.2) is 44.2 Å². The number of carbonyl (C=O) groups excluding carboxylic acids is 2. The number of benzene rings is 1. The Balaban J connectivity index is 2.08. The molecule has 0 fully saturated rings. The molecule has 1 aromatic carbocycles. The fraction of sp³-hybridized carbons (Fsp3) is 0.211. The highest BCUT2D eigenvalue weighted by molar-refractivity contribution is 5.88. The van der Waals surface area contributed by atoms with Crippen molar-refractivity contribution in [1.29, 1.82) is 0 Å². The number of hydrogen-bond acceptors (Lipinski definition) is 7. The van der Waals surface area contributed by atoms with Gasteiger partial charge in [0.2, 0.25) is 11.2 Å². The molecule has 3 rings (SSSR count). The van der Waals surface area contributed by atoms with Crippen molar-refractivity contribution in [1.82, 2.24) is 0 Å². The zero-order valence-electron chi connectivity index (χ0n) is 14.5. The smallest absolute Gasteiger partial charge is 0.374 e. The number of carbonyl (C=O) groups is 2. The molecule has 0 amide bonds. The first-order valence-corrected chi connectivity index (χ1v) is 7.92. The maximum absolute atomic E-state index is 12.8. The Kier molecular flexibility index (Phi) is 4.62. The van der Waals surface area contributed by atoms with Gasteiger partial charge in [-0.2, -0.15) is 0 Å². The van der Waals surface area contributed by atoms with Gasteiger partial charge in [0.15, 0.2) is 0 Å². The quantitative estimate of drug-likeness (QED) is 0.522. The Hall–Kier alpha value is -3.35. The maximum Gasteiger partial charge on any atom is 0.374 e. The summed E-state index contributed by atoms with van der Waals surface area (Å²) in [6.07, 6.45) is 1.25. The molecule has 2 heterocycles. The second-order valence-corrected chi connectivity index (χ2v) is 5.57. The van der Waals surface area contributed by atoms with Crippen LogP contribution in [0.5, 0.6) is 5.75 Å². The van der Waals surface area contributed by atoms with Gasteiger partial charge in [0.1, 0.15) is 28.9 Å². The summed E-state index contributed by atoms with van der Waals surface area (Å²) < 4.78 is 20.9. The standard InChI is InChI=1S/C19H16O7/c1-4-23-19(22)15-6-5-14(26-15)13-9-24-16-8-12(25-11(3)20)7-10(2)17(16)18(13)21/h5-9H,4H2,1-3H3. The van der Waals surface area contributed by atoms with Gasteiger partial charge >= 0.3 is 11.9 Å². The van der Waals surface area contributed by atoms with E-state index in [1.165, 1.54) is 31.4 Å². The van der Waals surface area contributed by atoms with Crippen molar-refractivity contribution in [2.75, 3.05) is 6.61 Å². The van der Waals surface area contributed by atoms with E-state index in [4.69, 9.17) is 18.3 Å². The summed E-state index contributed by atoms with van der Waals surface area (Å²) in [5.74, 6) is -0.577. The first-order chi connectivity index (χ1) is 12.4. The van der Waals surface area contributed by atoms with Crippen LogP contribution in [0.2, 0.25) is 0 Å². The van der Waals surface area contributed by atoms with Gasteiger partial charge in [-0.15, -0.1) is 0 Å². The molecule has 0 spiro atoms. The molecule has 3 aromatic rings. The number of aryl methyl sites for hydroxylation is 1. The van der Waals surface area contributed by atoms with Crippen LogP contribution in [0.3, 0.4) is 0 Å². The minimum Gasteiger partial charge on any atom is -0.463 e. The molecule has 26 heavy (non-hydrogen) atoms. The van der Waals surface area contributed by atoms with Gasteiger partial charge in [-0.05, 0) is 37.6 Å². The summed E-state index contributed by atoms with van der Waals surface area (Å²) in [6.45, 7) is 4.91. The molecule has 0 aliphatic rings. The summed E-state index contributed by atoms with van der Waals surface area (Å²) >= 11 is 0. The van der Waals surface area contributed by atoms with Gasteiger partial charge < -0.3 is 18.3 Å². The molecule has 0 N–H and O–H groups in total. The second-order valence-electron chi connectivity index (χ2n) is 5.57. The molecule has 0 aliphatic heterocycles. The fourth-order valence-electron chi connectivity index (χ4n) is 2.61. The van der Waals surface area contributed by atoms with Crippen LogP contribution in [-0.4, -0.2) is 18.5 Å². The zero-order chi connectivity index (χ0) is 18.8. The molecule has 7 nitrogen and oxygen atoms in total. The first-order valence-electron chi connectivity index (χ1n) is 7.92. The lowest BCUT2D eigenvalue weighted by atomic mass is 10.1. The van der Waals surface area contributed by atoms with Crippen molar-refractivity contribution >= 4 is 22.9 Å². The molecule has 7 heteroatoms. The van der Waals surface area contributed by atoms with E-state index in [2.05, 4.69) is 0 Å². The van der Waals surface area contributed by atoms with Crippen molar-refractivity contribution in [2.24, 2.45) is 0 Å². The topological polar surface area (TPSA) is 96.0 Å². The molecular formula is C19H16O7. The Labute approximate surface area is 148 Å². The van der Waals surface area contributed by atoms with E-state index in [0.717, 1.165) is 0 Å². The Morgan fingerprint density at radius 1 is 1.19 bits per heavy atom. The van der Waals surface area contributed by atoms with E-state index in [0.29, 0.717) is 16.7 Å². The van der Waals surface area contributed by atoms with Gasteiger partial charge in [-0.1, -0.05) is 0 Å². The van der Waals surface area contributed by atoms with E-state index in [9.17, 15) is 14.4 Å². The molecule has 0 bridgehead atoms. The van der Waals surface area contributed by atoms with Crippen LogP contribution in [-0.2, 0) is 9.53 Å². The van der Waals surface area contributed by atoms with E-state index in [1.54, 1.807) is 19.9 Å². The van der Waals surface area contributed by atoms with Crippen molar-refractivity contribution < 1.29 is 27.9 Å². The number of furan rings is 1. The van der Waals surface area contributed by atoms with E-state index >= 15 is 0 Å². The average molecular weight is 356 g/mol. The van der Waals surface area contributed by atoms with Crippen LogP contribution in [0.25, 0.3) is 22.3 Å². The number of rotatable bonds is 4. The van der Waals surface area contributed by atoms with E-state index < -0.39 is 11.9 Å². The minimum absolute atomic E-state index is 0.00303. The molecule has 0 radical (unpaired) electrons. The van der Waals surface area contributed by atoms with Crippen LogP contribution >= 0.6 is 0 Å². The van der Waals surface area contributed by atoms with Gasteiger partial charge in [-0.3, -0.25) is 9.59 Å². The maximum atomic E-state index is 12.8. The predicted octanol–water partition coefficient (Wildman–Crippen LogP) is 3.46. The number of hydrogen-bond donors (Lipinski definition) is 0. The van der Waals surface area contributed by atoms with Gasteiger partial charge in [0, 0.05) is 13.0 Å². The molecule has 134 valence electrons. The molecule has 2 aromatic heterocycles. The third-order valence-electron chi connectivity index (χ3n) is 3.66. The Morgan fingerprint density at radius 3 is 2.65 bits per heavy atom. The third kappa shape index (κ3) is 3.23. The van der Waals surface area contributed by atoms with Crippen LogP contribution < -0.4 is 10.2 Å². The lowest BCUT2D eigenvalue weighted by Gasteiger charge is -2.07. The Morgan fingerprint density at radius 2 is 1.96 bits per heavy atom. The summed E-state index contributed by atoms with van der Waals surface area (Å²) in [6, 6.07) is 6.00. The van der Waals surface area contributed by atoms with Crippen molar-refractivity contribution in [3.8, 4) is 17.1 Å². The predicted molar refractivity (Wildman–Crippen MR) is 92.2 cm³/mol. The highest BCUT2D eigenvalue weighted by Gasteiger charge is 2.18. The highest BCUT2D eigenvalue weighted by atomic mass is 16.5. The molecular weight excluding hydrogens is 340 g/mol. The number of ether oxygens (including phenoxy) is 2. The first kappa shape index (κ1) is 17.5. The van der Waals surface area contributed by atoms with Crippen LogP contribution in [0.4, 0.5) is 0 Å². The summed E-state index contributed by atoms with van der Waals surface area (Å²) in [5.41, 5.74) is 0.734. The highest BCUT2D eigenvalue weighted by Crippen LogP contribution is 2.27. The number of fused-ring (bicyclic) bond motifs is 1. The molecule has 0 aliphatic carbocycles. The molecule has 0 saturated carbocycles. The molecule has 0 saturated heterocycles. The molecule has 0 atom stereocenters. The van der Waals surface area contributed by atoms with Crippen LogP contribution in [0, 0.1) is 6.92 Å². The summed E-state index contributed by atoms with van der Waals surface area (Å²) in [5, 5.41) is 0.340. The van der Waals surface area contributed by atoms with Gasteiger partial charge in [0.05, 0.1) is 12.0 Å². The summed E-state index contributed by atoms with van der Waals surface area (Å²) in [7, 11) is 0. The van der Waals surface area contributed by atoms with E-state index in [-0.39, 0.29) is 34.7 Å². The zero-order valence-corrected chi connectivity index (χ0v) is 14.5. The normalized spacial score (nSPS) is 10.7. The summed E-state index contributed by atoms with van der Waals surface area (Å²) in [4.78, 5) is 35.7. The minimum atomic E-state index is -0.605. The van der Waals surface area contributed by atoms with E-state index in [1.807, 2.05) is 0 Å². The molecule has 0 unspecified atom stereocenters.